The van der Waals surface area contributed by atoms with Crippen molar-refractivity contribution in [1.82, 2.24) is 9.78 Å². The van der Waals surface area contributed by atoms with Gasteiger partial charge in [-0.3, -0.25) is 4.68 Å². The highest BCUT2D eigenvalue weighted by Gasteiger charge is 2.18. The number of benzene rings is 2. The zero-order valence-corrected chi connectivity index (χ0v) is 19.3. The fourth-order valence-electron chi connectivity index (χ4n) is 3.22. The average molecular weight is 463 g/mol. The largest absolute Gasteiger partial charge is 0.465 e. The van der Waals surface area contributed by atoms with Crippen LogP contribution >= 0.6 is 23.6 Å². The van der Waals surface area contributed by atoms with Crippen molar-refractivity contribution in [3.8, 4) is 10.4 Å². The van der Waals surface area contributed by atoms with E-state index in [0.29, 0.717) is 28.0 Å². The predicted molar refractivity (Wildman–Crippen MR) is 133 cm³/mol. The summed E-state index contributed by atoms with van der Waals surface area (Å²) in [7, 11) is 1.36. The summed E-state index contributed by atoms with van der Waals surface area (Å²) in [5.41, 5.74) is 3.88. The van der Waals surface area contributed by atoms with Gasteiger partial charge in [0.2, 0.25) is 0 Å². The van der Waals surface area contributed by atoms with Crippen LogP contribution in [0.2, 0.25) is 0 Å². The van der Waals surface area contributed by atoms with Crippen LogP contribution in [-0.2, 0) is 11.3 Å². The number of thiophene rings is 1. The Bertz CT molecular complexity index is 1250. The molecule has 162 valence electrons. The Morgan fingerprint density at radius 2 is 1.84 bits per heavy atom. The third kappa shape index (κ3) is 5.04. The van der Waals surface area contributed by atoms with Gasteiger partial charge < -0.3 is 15.4 Å². The molecule has 0 saturated heterocycles. The Balaban J connectivity index is 1.47. The highest BCUT2D eigenvalue weighted by molar-refractivity contribution is 7.80. The fourth-order valence-corrected chi connectivity index (χ4v) is 4.55. The number of carbonyl (C=O) groups is 1. The molecule has 0 unspecified atom stereocenters. The molecule has 0 atom stereocenters. The normalized spacial score (nSPS) is 10.6. The van der Waals surface area contributed by atoms with E-state index in [2.05, 4.69) is 34.8 Å². The maximum absolute atomic E-state index is 12.3. The SMILES string of the molecule is COC(=O)c1cc(-c2ccccc2)sc1NC(=S)Nc1ccn(Cc2ccccc2C)n1. The van der Waals surface area contributed by atoms with E-state index >= 15 is 0 Å². The molecule has 32 heavy (non-hydrogen) atoms. The molecule has 2 aromatic heterocycles. The van der Waals surface area contributed by atoms with Crippen molar-refractivity contribution < 1.29 is 9.53 Å². The molecule has 4 aromatic rings. The molecular formula is C24H22N4O2S2. The highest BCUT2D eigenvalue weighted by atomic mass is 32.1. The van der Waals surface area contributed by atoms with Crippen molar-refractivity contribution in [2.24, 2.45) is 0 Å². The van der Waals surface area contributed by atoms with E-state index in [1.54, 1.807) is 0 Å². The van der Waals surface area contributed by atoms with Crippen molar-refractivity contribution in [1.29, 1.82) is 0 Å². The molecule has 0 aliphatic carbocycles. The van der Waals surface area contributed by atoms with Gasteiger partial charge in [0.05, 0.1) is 19.2 Å². The molecule has 0 saturated carbocycles. The molecule has 0 fully saturated rings. The number of nitrogens with zero attached hydrogens (tertiary/aromatic N) is 2. The van der Waals surface area contributed by atoms with Gasteiger partial charge in [-0.05, 0) is 41.9 Å². The zero-order chi connectivity index (χ0) is 22.5. The van der Waals surface area contributed by atoms with E-state index in [1.165, 1.54) is 29.6 Å². The molecule has 0 amide bonds. The van der Waals surface area contributed by atoms with Crippen LogP contribution in [-0.4, -0.2) is 28.0 Å². The molecule has 0 spiro atoms. The summed E-state index contributed by atoms with van der Waals surface area (Å²) in [6, 6.07) is 21.7. The molecule has 2 N–H and O–H groups in total. The zero-order valence-electron chi connectivity index (χ0n) is 17.7. The summed E-state index contributed by atoms with van der Waals surface area (Å²) in [6.45, 7) is 2.76. The lowest BCUT2D eigenvalue weighted by Crippen LogP contribution is -2.20. The fraction of sp³-hybridized carbons (Fsp3) is 0.125. The number of nitrogens with one attached hydrogen (secondary N) is 2. The summed E-state index contributed by atoms with van der Waals surface area (Å²) in [5.74, 6) is 0.201. The van der Waals surface area contributed by atoms with Crippen LogP contribution in [0.5, 0.6) is 0 Å². The summed E-state index contributed by atoms with van der Waals surface area (Å²) in [5, 5.41) is 11.7. The van der Waals surface area contributed by atoms with Crippen molar-refractivity contribution in [3.63, 3.8) is 0 Å². The van der Waals surface area contributed by atoms with Gasteiger partial charge >= 0.3 is 5.97 Å². The average Bonchev–Trinajstić information content (AvgIpc) is 3.42. The van der Waals surface area contributed by atoms with Gasteiger partial charge in [-0.2, -0.15) is 5.10 Å². The van der Waals surface area contributed by atoms with Gasteiger partial charge in [-0.1, -0.05) is 54.6 Å². The van der Waals surface area contributed by atoms with Crippen molar-refractivity contribution in [2.75, 3.05) is 17.7 Å². The van der Waals surface area contributed by atoms with Crippen molar-refractivity contribution in [3.05, 3.63) is 89.6 Å². The second-order valence-corrected chi connectivity index (χ2v) is 8.58. The topological polar surface area (TPSA) is 68.2 Å². The van der Waals surface area contributed by atoms with Gasteiger partial charge in [0.15, 0.2) is 10.9 Å². The first-order chi connectivity index (χ1) is 15.5. The Hall–Kier alpha value is -3.49. The number of rotatable bonds is 6. The van der Waals surface area contributed by atoms with Crippen LogP contribution in [0.15, 0.2) is 72.9 Å². The first-order valence-corrected chi connectivity index (χ1v) is 11.2. The minimum atomic E-state index is -0.420. The van der Waals surface area contributed by atoms with E-state index in [-0.39, 0.29) is 0 Å². The third-order valence-electron chi connectivity index (χ3n) is 4.90. The molecule has 8 heteroatoms. The maximum atomic E-state index is 12.3. The Kier molecular flexibility index (Phi) is 6.63. The number of ether oxygens (including phenoxy) is 1. The maximum Gasteiger partial charge on any atom is 0.340 e. The van der Waals surface area contributed by atoms with Crippen LogP contribution < -0.4 is 10.6 Å². The van der Waals surface area contributed by atoms with Gasteiger partial charge in [0, 0.05) is 17.1 Å². The molecule has 2 aromatic carbocycles. The molecule has 0 radical (unpaired) electrons. The molecule has 0 bridgehead atoms. The van der Waals surface area contributed by atoms with Crippen molar-refractivity contribution >= 4 is 45.5 Å². The van der Waals surface area contributed by atoms with E-state index in [4.69, 9.17) is 17.0 Å². The van der Waals surface area contributed by atoms with Crippen LogP contribution in [0.3, 0.4) is 0 Å². The number of esters is 1. The molecule has 2 heterocycles. The summed E-state index contributed by atoms with van der Waals surface area (Å²) >= 11 is 6.91. The Morgan fingerprint density at radius 1 is 1.09 bits per heavy atom. The number of carbonyl (C=O) groups excluding carboxylic acids is 1. The van der Waals surface area contributed by atoms with E-state index < -0.39 is 5.97 Å². The number of thiocarbonyl (C=S) groups is 1. The van der Waals surface area contributed by atoms with E-state index in [0.717, 1.165) is 10.4 Å². The lowest BCUT2D eigenvalue weighted by atomic mass is 10.1. The molecule has 6 nitrogen and oxygen atoms in total. The van der Waals surface area contributed by atoms with Gasteiger partial charge in [-0.25, -0.2) is 4.79 Å². The Labute approximate surface area is 195 Å². The molecular weight excluding hydrogens is 440 g/mol. The number of hydrogen-bond donors (Lipinski definition) is 2. The third-order valence-corrected chi connectivity index (χ3v) is 6.20. The smallest absolute Gasteiger partial charge is 0.340 e. The van der Waals surface area contributed by atoms with Crippen LogP contribution in [0.4, 0.5) is 10.8 Å². The number of anilines is 2. The van der Waals surface area contributed by atoms with Crippen molar-refractivity contribution in [2.45, 2.75) is 13.5 Å². The predicted octanol–water partition coefficient (Wildman–Crippen LogP) is 5.56. The van der Waals surface area contributed by atoms with Crippen LogP contribution in [0.1, 0.15) is 21.5 Å². The Morgan fingerprint density at radius 3 is 2.59 bits per heavy atom. The van der Waals surface area contributed by atoms with Gasteiger partial charge in [-0.15, -0.1) is 11.3 Å². The monoisotopic (exact) mass is 462 g/mol. The van der Waals surface area contributed by atoms with Gasteiger partial charge in [0.1, 0.15) is 5.00 Å². The number of aryl methyl sites for hydroxylation is 1. The van der Waals surface area contributed by atoms with Crippen LogP contribution in [0, 0.1) is 6.92 Å². The number of hydrogen-bond acceptors (Lipinski definition) is 5. The minimum Gasteiger partial charge on any atom is -0.465 e. The molecule has 0 aliphatic rings. The summed E-state index contributed by atoms with van der Waals surface area (Å²) in [6.07, 6.45) is 1.90. The lowest BCUT2D eigenvalue weighted by molar-refractivity contribution is 0.0602. The van der Waals surface area contributed by atoms with E-state index in [9.17, 15) is 4.79 Å². The number of aromatic nitrogens is 2. The first-order valence-electron chi connectivity index (χ1n) is 9.97. The standard InChI is InChI=1S/C24H22N4O2S2/c1-16-8-6-7-11-18(16)15-28-13-12-21(27-28)25-24(31)26-22-19(23(29)30-2)14-20(32-22)17-9-4-3-5-10-17/h3-14H,15H2,1-2H3,(H2,25,26,27,31). The second-order valence-electron chi connectivity index (χ2n) is 7.12. The molecule has 4 rings (SSSR count). The molecule has 0 aliphatic heterocycles. The van der Waals surface area contributed by atoms with E-state index in [1.807, 2.05) is 65.5 Å². The van der Waals surface area contributed by atoms with Gasteiger partial charge in [0.25, 0.3) is 0 Å². The minimum absolute atomic E-state index is 0.345. The lowest BCUT2D eigenvalue weighted by Gasteiger charge is -2.09. The first kappa shape index (κ1) is 21.7. The number of methoxy groups -OCH3 is 1. The second kappa shape index (κ2) is 9.76. The summed E-state index contributed by atoms with van der Waals surface area (Å²) < 4.78 is 6.80. The summed E-state index contributed by atoms with van der Waals surface area (Å²) in [4.78, 5) is 13.2. The highest BCUT2D eigenvalue weighted by Crippen LogP contribution is 2.36. The quantitative estimate of drug-likeness (QED) is 0.289. The van der Waals surface area contributed by atoms with Crippen LogP contribution in [0.25, 0.3) is 10.4 Å².